The van der Waals surface area contributed by atoms with E-state index < -0.39 is 5.97 Å². The second-order valence-corrected chi connectivity index (χ2v) is 4.91. The summed E-state index contributed by atoms with van der Waals surface area (Å²) in [5.41, 5.74) is 1.40. The Morgan fingerprint density at radius 3 is 2.82 bits per heavy atom. The van der Waals surface area contributed by atoms with Crippen molar-refractivity contribution < 1.29 is 19.4 Å². The first kappa shape index (κ1) is 14.1. The molecule has 2 aromatic rings. The minimum absolute atomic E-state index is 0.0637. The van der Waals surface area contributed by atoms with Gasteiger partial charge in [0.1, 0.15) is 11.4 Å². The first-order valence-corrected chi connectivity index (χ1v) is 6.88. The molecule has 3 rings (SSSR count). The fourth-order valence-electron chi connectivity index (χ4n) is 2.33. The van der Waals surface area contributed by atoms with Crippen LogP contribution in [0.25, 0.3) is 0 Å². The zero-order chi connectivity index (χ0) is 15.5. The van der Waals surface area contributed by atoms with Crippen LogP contribution in [0.5, 0.6) is 11.6 Å². The Morgan fingerprint density at radius 2 is 2.00 bits per heavy atom. The number of hydrogen-bond acceptors (Lipinski definition) is 4. The lowest BCUT2D eigenvalue weighted by atomic mass is 10.1. The number of aromatic nitrogens is 1. The van der Waals surface area contributed by atoms with E-state index in [0.717, 1.165) is 5.56 Å². The van der Waals surface area contributed by atoms with Crippen molar-refractivity contribution in [3.8, 4) is 11.6 Å². The van der Waals surface area contributed by atoms with Crippen LogP contribution < -0.4 is 9.64 Å². The molecule has 1 aromatic carbocycles. The van der Waals surface area contributed by atoms with Crippen LogP contribution in [-0.2, 0) is 16.1 Å². The Bertz CT molecular complexity index is 730. The Labute approximate surface area is 127 Å². The predicted octanol–water partition coefficient (Wildman–Crippen LogP) is 2.59. The molecule has 6 heteroatoms. The second kappa shape index (κ2) is 5.85. The summed E-state index contributed by atoms with van der Waals surface area (Å²) < 4.78 is 5.79. The molecule has 112 valence electrons. The summed E-state index contributed by atoms with van der Waals surface area (Å²) in [6.07, 6.45) is 1.33. The zero-order valence-corrected chi connectivity index (χ0v) is 11.7. The second-order valence-electron chi connectivity index (χ2n) is 4.91. The molecule has 1 aliphatic rings. The van der Waals surface area contributed by atoms with Gasteiger partial charge in [0.15, 0.2) is 0 Å². The number of para-hydroxylation sites is 1. The number of carbonyl (C=O) groups excluding carboxylic acids is 1. The van der Waals surface area contributed by atoms with E-state index in [4.69, 9.17) is 9.84 Å². The van der Waals surface area contributed by atoms with E-state index in [1.165, 1.54) is 4.90 Å². The molecule has 0 spiro atoms. The number of carboxylic acid groups (broad SMARTS) is 1. The maximum atomic E-state index is 12.4. The fourth-order valence-corrected chi connectivity index (χ4v) is 2.33. The molecule has 1 aromatic heterocycles. The van der Waals surface area contributed by atoms with Gasteiger partial charge in [0.2, 0.25) is 11.8 Å². The number of carbonyl (C=O) groups is 2. The van der Waals surface area contributed by atoms with Gasteiger partial charge in [-0.1, -0.05) is 18.2 Å². The summed E-state index contributed by atoms with van der Waals surface area (Å²) in [5.74, 6) is -0.268. The third-order valence-corrected chi connectivity index (χ3v) is 3.40. The van der Waals surface area contributed by atoms with Gasteiger partial charge in [0.25, 0.3) is 0 Å². The SMILES string of the molecule is O=C(O)CCC(=O)N1Cc2ccccc2Oc2ncccc21. The van der Waals surface area contributed by atoms with Crippen LogP contribution in [0.1, 0.15) is 18.4 Å². The van der Waals surface area contributed by atoms with Crippen LogP contribution in [0.3, 0.4) is 0 Å². The minimum Gasteiger partial charge on any atom is -0.481 e. The first-order valence-electron chi connectivity index (χ1n) is 6.88. The van der Waals surface area contributed by atoms with Gasteiger partial charge in [-0.2, -0.15) is 0 Å². The number of hydrogen-bond donors (Lipinski definition) is 1. The molecule has 0 radical (unpaired) electrons. The highest BCUT2D eigenvalue weighted by Gasteiger charge is 2.25. The van der Waals surface area contributed by atoms with Gasteiger partial charge in [-0.25, -0.2) is 4.98 Å². The summed E-state index contributed by atoms with van der Waals surface area (Å²) in [7, 11) is 0. The van der Waals surface area contributed by atoms with E-state index >= 15 is 0 Å². The van der Waals surface area contributed by atoms with Gasteiger partial charge in [-0.15, -0.1) is 0 Å². The molecule has 1 aliphatic heterocycles. The van der Waals surface area contributed by atoms with E-state index in [-0.39, 0.29) is 18.7 Å². The molecular weight excluding hydrogens is 284 g/mol. The average molecular weight is 298 g/mol. The zero-order valence-electron chi connectivity index (χ0n) is 11.7. The molecule has 0 atom stereocenters. The topological polar surface area (TPSA) is 79.7 Å². The third-order valence-electron chi connectivity index (χ3n) is 3.40. The van der Waals surface area contributed by atoms with Crippen LogP contribution in [0.4, 0.5) is 5.69 Å². The summed E-state index contributed by atoms with van der Waals surface area (Å²) >= 11 is 0. The van der Waals surface area contributed by atoms with E-state index in [1.54, 1.807) is 18.3 Å². The van der Waals surface area contributed by atoms with Crippen molar-refractivity contribution in [3.05, 3.63) is 48.2 Å². The normalized spacial score (nSPS) is 12.6. The molecule has 6 nitrogen and oxygen atoms in total. The monoisotopic (exact) mass is 298 g/mol. The number of benzene rings is 1. The molecule has 0 aliphatic carbocycles. The number of anilines is 1. The lowest BCUT2D eigenvalue weighted by Crippen LogP contribution is -2.30. The number of carboxylic acids is 1. The largest absolute Gasteiger partial charge is 0.481 e. The van der Waals surface area contributed by atoms with Gasteiger partial charge in [-0.3, -0.25) is 9.59 Å². The Kier molecular flexibility index (Phi) is 3.74. The Hall–Kier alpha value is -2.89. The van der Waals surface area contributed by atoms with Crippen molar-refractivity contribution in [1.29, 1.82) is 0 Å². The molecule has 1 N–H and O–H groups in total. The molecule has 22 heavy (non-hydrogen) atoms. The third kappa shape index (κ3) is 2.76. The van der Waals surface area contributed by atoms with Crippen molar-refractivity contribution in [1.82, 2.24) is 4.98 Å². The number of aliphatic carboxylic acids is 1. The van der Waals surface area contributed by atoms with Gasteiger partial charge in [-0.05, 0) is 18.2 Å². The maximum Gasteiger partial charge on any atom is 0.303 e. The van der Waals surface area contributed by atoms with Crippen molar-refractivity contribution >= 4 is 17.6 Å². The van der Waals surface area contributed by atoms with E-state index in [9.17, 15) is 9.59 Å². The molecule has 0 unspecified atom stereocenters. The van der Waals surface area contributed by atoms with Crippen molar-refractivity contribution in [2.75, 3.05) is 4.90 Å². The van der Waals surface area contributed by atoms with Gasteiger partial charge in [0, 0.05) is 18.2 Å². The summed E-state index contributed by atoms with van der Waals surface area (Å²) in [6, 6.07) is 10.9. The molecule has 0 bridgehead atoms. The molecule has 0 saturated heterocycles. The number of rotatable bonds is 3. The van der Waals surface area contributed by atoms with Gasteiger partial charge in [0.05, 0.1) is 13.0 Å². The predicted molar refractivity (Wildman–Crippen MR) is 78.8 cm³/mol. The van der Waals surface area contributed by atoms with E-state index in [0.29, 0.717) is 23.9 Å². The number of ether oxygens (including phenoxy) is 1. The van der Waals surface area contributed by atoms with Crippen LogP contribution in [0, 0.1) is 0 Å². The lowest BCUT2D eigenvalue weighted by Gasteiger charge is -2.21. The maximum absolute atomic E-state index is 12.4. The summed E-state index contributed by atoms with van der Waals surface area (Å²) in [6.45, 7) is 0.327. The van der Waals surface area contributed by atoms with E-state index in [2.05, 4.69) is 4.98 Å². The van der Waals surface area contributed by atoms with Crippen LogP contribution in [0.2, 0.25) is 0 Å². The molecule has 0 saturated carbocycles. The van der Waals surface area contributed by atoms with Crippen molar-refractivity contribution in [3.63, 3.8) is 0 Å². The van der Waals surface area contributed by atoms with E-state index in [1.807, 2.05) is 24.3 Å². The highest BCUT2D eigenvalue weighted by Crippen LogP contribution is 2.37. The van der Waals surface area contributed by atoms with Crippen LogP contribution in [-0.4, -0.2) is 22.0 Å². The fraction of sp³-hybridized carbons (Fsp3) is 0.188. The van der Waals surface area contributed by atoms with Crippen LogP contribution >= 0.6 is 0 Å². The average Bonchev–Trinajstić information content (AvgIpc) is 2.69. The lowest BCUT2D eigenvalue weighted by molar-refractivity contribution is -0.138. The van der Waals surface area contributed by atoms with Gasteiger partial charge >= 0.3 is 5.97 Å². The smallest absolute Gasteiger partial charge is 0.303 e. The number of pyridine rings is 1. The summed E-state index contributed by atoms with van der Waals surface area (Å²) in [5, 5.41) is 8.76. The first-order chi connectivity index (χ1) is 10.6. The molecule has 0 fully saturated rings. The summed E-state index contributed by atoms with van der Waals surface area (Å²) in [4.78, 5) is 28.8. The molecule has 2 heterocycles. The molecule has 1 amide bonds. The number of fused-ring (bicyclic) bond motifs is 2. The van der Waals surface area contributed by atoms with Crippen LogP contribution in [0.15, 0.2) is 42.6 Å². The quantitative estimate of drug-likeness (QED) is 0.942. The van der Waals surface area contributed by atoms with Gasteiger partial charge < -0.3 is 14.7 Å². The minimum atomic E-state index is -0.994. The van der Waals surface area contributed by atoms with Crippen molar-refractivity contribution in [2.45, 2.75) is 19.4 Å². The highest BCUT2D eigenvalue weighted by molar-refractivity contribution is 5.96. The number of amides is 1. The molecular formula is C16H14N2O4. The number of nitrogens with zero attached hydrogens (tertiary/aromatic N) is 2. The standard InChI is InChI=1S/C16H14N2O4/c19-14(7-8-15(20)21)18-10-11-4-1-2-6-13(11)22-16-12(18)5-3-9-17-16/h1-6,9H,7-8,10H2,(H,20,21). The highest BCUT2D eigenvalue weighted by atomic mass is 16.5. The van der Waals surface area contributed by atoms with Crippen molar-refractivity contribution in [2.24, 2.45) is 0 Å². The Morgan fingerprint density at radius 1 is 1.18 bits per heavy atom. The Balaban J connectivity index is 1.98.